The molecule has 5 rings (SSSR count). The number of ketones is 1. The molecule has 30 heavy (non-hydrogen) atoms. The maximum absolute atomic E-state index is 13.0. The van der Waals surface area contributed by atoms with Gasteiger partial charge in [0.15, 0.2) is 0 Å². The summed E-state index contributed by atoms with van der Waals surface area (Å²) in [5.41, 5.74) is 1.03. The number of anilines is 1. The number of imidazole rings is 1. The van der Waals surface area contributed by atoms with E-state index in [2.05, 4.69) is 20.3 Å². The number of Topliss-reactive ketones (excluding diaryl/α,β-unsaturated/α-hetero) is 1. The van der Waals surface area contributed by atoms with Crippen LogP contribution in [0.3, 0.4) is 0 Å². The van der Waals surface area contributed by atoms with Crippen molar-refractivity contribution in [1.82, 2.24) is 19.5 Å². The van der Waals surface area contributed by atoms with E-state index in [9.17, 15) is 9.59 Å². The number of ether oxygens (including phenoxy) is 1. The first-order valence-electron chi connectivity index (χ1n) is 9.54. The van der Waals surface area contributed by atoms with E-state index in [1.165, 1.54) is 17.2 Å². The zero-order valence-corrected chi connectivity index (χ0v) is 18.9. The Balaban J connectivity index is 1.43. The molecule has 4 atom stereocenters. The number of fused-ring (bicyclic) bond motifs is 2. The summed E-state index contributed by atoms with van der Waals surface area (Å²) in [4.78, 5) is 38.1. The van der Waals surface area contributed by atoms with Crippen LogP contribution in [0.1, 0.15) is 16.6 Å². The van der Waals surface area contributed by atoms with Gasteiger partial charge in [0.25, 0.3) is 0 Å². The number of amides is 1. The van der Waals surface area contributed by atoms with Crippen LogP contribution in [-0.4, -0.2) is 51.2 Å². The number of nitrogens with one attached hydrogen (secondary N) is 1. The van der Waals surface area contributed by atoms with E-state index in [1.54, 1.807) is 30.3 Å². The molecule has 2 aliphatic rings. The fourth-order valence-electron chi connectivity index (χ4n) is 3.29. The number of hydrogen-bond acceptors (Lipinski definition) is 9. The molecule has 0 aliphatic carbocycles. The van der Waals surface area contributed by atoms with Crippen LogP contribution in [0.25, 0.3) is 11.2 Å². The summed E-state index contributed by atoms with van der Waals surface area (Å²) in [5.74, 6) is -0.572. The average molecular weight is 562 g/mol. The molecule has 2 aliphatic heterocycles. The molecule has 4 heterocycles. The molecule has 2 aromatic heterocycles. The standard InChI is InChI=1S/C17H15IN5O5PS/c18-29(30)26-6-10-13(28-29)12(24)17(27-10)23-8-21-11-14(19-7-20-15(11)23)22-16(25)9-4-2-1-3-5-9/h1-5,7-8,10,13,17H,6,18H2,(H,19,20,22,25)/t10-,13?,17-,29?/m1/s1/i18TD. The molecule has 2 unspecified atom stereocenters. The first-order chi connectivity index (χ1) is 15.4. The average Bonchev–Trinajstić information content (AvgIpc) is 3.36. The Morgan fingerprint density at radius 1 is 1.40 bits per heavy atom. The molecule has 1 aromatic carbocycles. The van der Waals surface area contributed by atoms with Gasteiger partial charge in [0, 0.05) is 0 Å². The fourth-order valence-corrected chi connectivity index (χ4v) is 5.86. The Hall–Kier alpha value is -1.83. The summed E-state index contributed by atoms with van der Waals surface area (Å²) in [6.07, 6.45) is -0.152. The maximum atomic E-state index is 13.0. The van der Waals surface area contributed by atoms with E-state index in [0.717, 1.165) is 0 Å². The third-order valence-corrected chi connectivity index (χ3v) is 7.71. The Morgan fingerprint density at radius 3 is 3.03 bits per heavy atom. The van der Waals surface area contributed by atoms with Crippen molar-refractivity contribution < 1.29 is 23.4 Å². The molecule has 1 amide bonds. The van der Waals surface area contributed by atoms with Crippen LogP contribution in [0.4, 0.5) is 5.82 Å². The van der Waals surface area contributed by atoms with Crippen LogP contribution in [0, 0.1) is 0 Å². The molecular formula is C17H15IN5O5PS. The molecule has 1 N–H and O–H groups in total. The van der Waals surface area contributed by atoms with Gasteiger partial charge in [-0.15, -0.1) is 0 Å². The van der Waals surface area contributed by atoms with Crippen LogP contribution in [0.2, 0.25) is 0 Å². The molecule has 0 spiro atoms. The monoisotopic (exact) mass is 562 g/mol. The summed E-state index contributed by atoms with van der Waals surface area (Å²) in [5, 5.41) is 2.71. The van der Waals surface area contributed by atoms with Crippen molar-refractivity contribution in [3.8, 4) is 0 Å². The van der Waals surface area contributed by atoms with Crippen molar-refractivity contribution >= 4 is 66.3 Å². The Labute approximate surface area is 188 Å². The van der Waals surface area contributed by atoms with E-state index in [4.69, 9.17) is 26.8 Å². The summed E-state index contributed by atoms with van der Waals surface area (Å²) < 4.78 is 30.8. The normalized spacial score (nSPS) is 29.8. The van der Waals surface area contributed by atoms with E-state index < -0.39 is 50.0 Å². The van der Waals surface area contributed by atoms with Crippen molar-refractivity contribution in [2.24, 2.45) is 0 Å². The quantitative estimate of drug-likeness (QED) is 0.377. The van der Waals surface area contributed by atoms with Gasteiger partial charge in [0.1, 0.15) is 0 Å². The van der Waals surface area contributed by atoms with Crippen molar-refractivity contribution in [2.75, 3.05) is 11.9 Å². The number of rotatable bonds is 4. The van der Waals surface area contributed by atoms with E-state index in [0.29, 0.717) is 5.56 Å². The molecule has 13 heteroatoms. The van der Waals surface area contributed by atoms with Crippen LogP contribution in [-0.2, 0) is 30.4 Å². The number of nitrogens with zero attached hydrogens (tertiary/aromatic N) is 4. The number of benzene rings is 1. The minimum atomic E-state index is -3.10. The summed E-state index contributed by atoms with van der Waals surface area (Å²) in [6.45, 7) is -0.00405. The molecule has 0 radical (unpaired) electrons. The first-order valence-corrected chi connectivity index (χ1v) is 14.2. The Morgan fingerprint density at radius 2 is 2.23 bits per heavy atom. The number of carbonyl (C=O) groups excluding carboxylic acids is 2. The van der Waals surface area contributed by atoms with Gasteiger partial charge in [-0.05, 0) is 12.1 Å². The van der Waals surface area contributed by atoms with Crippen molar-refractivity contribution in [1.29, 1.82) is 1.19 Å². The van der Waals surface area contributed by atoms with Gasteiger partial charge in [0.05, 0.1) is 0 Å². The third kappa shape index (κ3) is 3.57. The van der Waals surface area contributed by atoms with Gasteiger partial charge >= 0.3 is 159 Å². The van der Waals surface area contributed by atoms with Crippen molar-refractivity contribution in [3.63, 3.8) is 0 Å². The van der Waals surface area contributed by atoms with Crippen LogP contribution in [0.5, 0.6) is 0 Å². The van der Waals surface area contributed by atoms with Gasteiger partial charge in [-0.1, -0.05) is 18.2 Å². The molecule has 3 aromatic rings. The Bertz CT molecular complexity index is 1260. The van der Waals surface area contributed by atoms with Crippen molar-refractivity contribution in [2.45, 2.75) is 18.4 Å². The van der Waals surface area contributed by atoms with Gasteiger partial charge in [0.2, 0.25) is 0 Å². The first kappa shape index (κ1) is 17.8. The SMILES string of the molecule is [2H]I([3H])P1(=S)OC[C@H]2O[C@@H](n3cnc4c(NC(=O)c5ccccc5)ncnc43)C(=O)C2O1. The second kappa shape index (κ2) is 7.70. The molecule has 0 saturated carbocycles. The van der Waals surface area contributed by atoms with Gasteiger partial charge in [-0.3, -0.25) is 0 Å². The van der Waals surface area contributed by atoms with Crippen LogP contribution < -0.4 is 5.32 Å². The summed E-state index contributed by atoms with van der Waals surface area (Å²) in [6, 6.07) is 8.65. The van der Waals surface area contributed by atoms with E-state index in [-0.39, 0.29) is 29.5 Å². The second-order valence-corrected chi connectivity index (χ2v) is 15.1. The van der Waals surface area contributed by atoms with E-state index in [1.807, 2.05) is 0 Å². The molecule has 0 bridgehead atoms. The molecule has 2 fully saturated rings. The number of carbonyl (C=O) groups is 2. The van der Waals surface area contributed by atoms with Crippen LogP contribution >= 0.6 is 25.8 Å². The number of aromatic nitrogens is 4. The Kier molecular flexibility index (Phi) is 4.57. The predicted molar refractivity (Wildman–Crippen MR) is 121 cm³/mol. The van der Waals surface area contributed by atoms with Crippen molar-refractivity contribution in [3.05, 3.63) is 48.5 Å². The van der Waals surface area contributed by atoms with Gasteiger partial charge in [-0.2, -0.15) is 0 Å². The van der Waals surface area contributed by atoms with E-state index >= 15 is 0 Å². The van der Waals surface area contributed by atoms with Gasteiger partial charge in [-0.25, -0.2) is 0 Å². The zero-order valence-electron chi connectivity index (χ0n) is 17.0. The molecule has 2 saturated heterocycles. The number of halogens is 1. The minimum absolute atomic E-state index is 0.00405. The number of hydrogen-bond donors (Lipinski definition) is 1. The zero-order chi connectivity index (χ0) is 22.5. The topological polar surface area (TPSA) is 117 Å². The third-order valence-electron chi connectivity index (χ3n) is 4.68. The molecule has 10 nitrogen and oxygen atoms in total. The fraction of sp³-hybridized carbons (Fsp3) is 0.235. The van der Waals surface area contributed by atoms with Crippen LogP contribution in [0.15, 0.2) is 43.0 Å². The molecule has 156 valence electrons. The summed E-state index contributed by atoms with van der Waals surface area (Å²) >= 11 is 2.14. The second-order valence-electron chi connectivity index (χ2n) is 6.55. The predicted octanol–water partition coefficient (Wildman–Crippen LogP) is 2.08. The summed E-state index contributed by atoms with van der Waals surface area (Å²) in [7, 11) is 0. The molecular weight excluding hydrogens is 544 g/mol. The van der Waals surface area contributed by atoms with Gasteiger partial charge < -0.3 is 0 Å².